The smallest absolute Gasteiger partial charge is 0.244 e. The molecule has 1 aliphatic carbocycles. The number of hydrogen-bond donors (Lipinski definition) is 1. The van der Waals surface area contributed by atoms with Crippen LogP contribution in [0.2, 0.25) is 0 Å². The number of nitrogens with one attached hydrogen (secondary N) is 1. The minimum absolute atomic E-state index is 0.0242. The van der Waals surface area contributed by atoms with Crippen molar-refractivity contribution in [2.75, 3.05) is 26.7 Å². The van der Waals surface area contributed by atoms with Crippen LogP contribution in [0.15, 0.2) is 30.3 Å². The van der Waals surface area contributed by atoms with Crippen molar-refractivity contribution in [1.82, 2.24) is 15.1 Å². The van der Waals surface area contributed by atoms with E-state index in [9.17, 15) is 14.0 Å². The molecule has 1 N–H and O–H groups in total. The highest BCUT2D eigenvalue weighted by Gasteiger charge is 2.29. The van der Waals surface area contributed by atoms with Gasteiger partial charge in [0.05, 0.1) is 6.54 Å². The molecule has 0 spiro atoms. The molecule has 3 rings (SSSR count). The Morgan fingerprint density at radius 1 is 1.14 bits per heavy atom. The van der Waals surface area contributed by atoms with Gasteiger partial charge in [-0.05, 0) is 44.9 Å². The summed E-state index contributed by atoms with van der Waals surface area (Å²) in [5.74, 6) is -0.838. The second-order valence-corrected chi connectivity index (χ2v) is 7.79. The van der Waals surface area contributed by atoms with Crippen LogP contribution in [0.25, 0.3) is 6.08 Å². The lowest BCUT2D eigenvalue weighted by Gasteiger charge is -2.39. The number of benzene rings is 1. The molecule has 1 aromatic rings. The maximum Gasteiger partial charge on any atom is 0.244 e. The van der Waals surface area contributed by atoms with Crippen molar-refractivity contribution in [3.8, 4) is 0 Å². The van der Waals surface area contributed by atoms with Crippen LogP contribution in [0, 0.1) is 5.82 Å². The van der Waals surface area contributed by atoms with Gasteiger partial charge in [0.1, 0.15) is 5.82 Å². The van der Waals surface area contributed by atoms with Gasteiger partial charge in [0.25, 0.3) is 0 Å². The molecule has 6 heteroatoms. The fourth-order valence-corrected chi connectivity index (χ4v) is 4.24. The lowest BCUT2D eigenvalue weighted by molar-refractivity contribution is -0.133. The van der Waals surface area contributed by atoms with E-state index in [-0.39, 0.29) is 18.3 Å². The maximum atomic E-state index is 13.5. The molecule has 2 aliphatic rings. The van der Waals surface area contributed by atoms with Gasteiger partial charge < -0.3 is 15.1 Å². The zero-order chi connectivity index (χ0) is 19.9. The first-order valence-electron chi connectivity index (χ1n) is 10.2. The Hall–Kier alpha value is -2.21. The summed E-state index contributed by atoms with van der Waals surface area (Å²) in [6.07, 6.45) is 9.90. The molecule has 0 aromatic heterocycles. The van der Waals surface area contributed by atoms with Crippen LogP contribution in [0.1, 0.15) is 44.1 Å². The molecular weight excluding hydrogens is 357 g/mol. The molecule has 1 aliphatic heterocycles. The summed E-state index contributed by atoms with van der Waals surface area (Å²) >= 11 is 0. The molecule has 28 heavy (non-hydrogen) atoms. The molecule has 2 amide bonds. The van der Waals surface area contributed by atoms with Gasteiger partial charge >= 0.3 is 0 Å². The summed E-state index contributed by atoms with van der Waals surface area (Å²) in [7, 11) is 2.22. The van der Waals surface area contributed by atoms with Crippen molar-refractivity contribution in [3.63, 3.8) is 0 Å². The van der Waals surface area contributed by atoms with E-state index in [1.165, 1.54) is 43.9 Å². The highest BCUT2D eigenvalue weighted by molar-refractivity contribution is 5.94. The predicted octanol–water partition coefficient (Wildman–Crippen LogP) is 2.82. The third-order valence-electron chi connectivity index (χ3n) is 6.03. The monoisotopic (exact) mass is 387 g/mol. The van der Waals surface area contributed by atoms with Gasteiger partial charge in [0.2, 0.25) is 11.8 Å². The molecule has 152 valence electrons. The van der Waals surface area contributed by atoms with Crippen LogP contribution in [-0.2, 0) is 9.59 Å². The first-order chi connectivity index (χ1) is 13.5. The average molecular weight is 387 g/mol. The van der Waals surface area contributed by atoms with E-state index < -0.39 is 5.91 Å². The van der Waals surface area contributed by atoms with Crippen LogP contribution >= 0.6 is 0 Å². The van der Waals surface area contributed by atoms with E-state index >= 15 is 0 Å². The van der Waals surface area contributed by atoms with Crippen molar-refractivity contribution in [3.05, 3.63) is 41.7 Å². The Kier molecular flexibility index (Phi) is 7.20. The zero-order valence-corrected chi connectivity index (χ0v) is 16.6. The summed E-state index contributed by atoms with van der Waals surface area (Å²) in [6.45, 7) is 1.45. The van der Waals surface area contributed by atoms with Crippen LogP contribution in [0.3, 0.4) is 0 Å². The normalized spacial score (nSPS) is 18.9. The third kappa shape index (κ3) is 5.41. The molecule has 1 heterocycles. The van der Waals surface area contributed by atoms with Crippen LogP contribution in [0.4, 0.5) is 4.39 Å². The van der Waals surface area contributed by atoms with E-state index in [2.05, 4.69) is 17.3 Å². The lowest BCUT2D eigenvalue weighted by atomic mass is 10.0. The number of piperidine rings is 1. The Bertz CT molecular complexity index is 707. The number of carbonyl (C=O) groups excluding carboxylic acids is 2. The quantitative estimate of drug-likeness (QED) is 0.764. The zero-order valence-electron chi connectivity index (χ0n) is 16.6. The Morgan fingerprint density at radius 3 is 2.46 bits per heavy atom. The van der Waals surface area contributed by atoms with Crippen molar-refractivity contribution >= 4 is 17.9 Å². The fourth-order valence-electron chi connectivity index (χ4n) is 4.24. The van der Waals surface area contributed by atoms with Gasteiger partial charge in [0.15, 0.2) is 0 Å². The Morgan fingerprint density at radius 2 is 1.79 bits per heavy atom. The molecule has 1 saturated carbocycles. The number of carbonyl (C=O) groups is 2. The number of likely N-dealkylation sites (tertiary alicyclic amines) is 1. The standard InChI is InChI=1S/C22H30FN3O2/c1-25(18-7-3-4-8-18)19-12-14-26(15-13-19)22(28)16-24-21(27)11-10-17-6-2-5-9-20(17)23/h2,5-6,9-11,18-19H,3-4,7-8,12-16H2,1H3,(H,24,27)/b11-10+. The van der Waals surface area contributed by atoms with Crippen molar-refractivity contribution < 1.29 is 14.0 Å². The summed E-state index contributed by atoms with van der Waals surface area (Å²) in [5, 5.41) is 2.60. The van der Waals surface area contributed by atoms with Crippen LogP contribution in [-0.4, -0.2) is 60.4 Å². The predicted molar refractivity (Wildman–Crippen MR) is 108 cm³/mol. The second kappa shape index (κ2) is 9.82. The largest absolute Gasteiger partial charge is 0.343 e. The summed E-state index contributed by atoms with van der Waals surface area (Å²) < 4.78 is 13.5. The highest BCUT2D eigenvalue weighted by Crippen LogP contribution is 2.27. The molecule has 5 nitrogen and oxygen atoms in total. The Balaban J connectivity index is 1.39. The molecule has 0 unspecified atom stereocenters. The highest BCUT2D eigenvalue weighted by atomic mass is 19.1. The summed E-state index contributed by atoms with van der Waals surface area (Å²) in [4.78, 5) is 28.6. The van der Waals surface area contributed by atoms with E-state index in [4.69, 9.17) is 0 Å². The number of hydrogen-bond acceptors (Lipinski definition) is 3. The molecular formula is C22H30FN3O2. The van der Waals surface area contributed by atoms with Crippen molar-refractivity contribution in [1.29, 1.82) is 0 Å². The van der Waals surface area contributed by atoms with Gasteiger partial charge in [-0.25, -0.2) is 4.39 Å². The van der Waals surface area contributed by atoms with E-state index in [0.29, 0.717) is 17.6 Å². The van der Waals surface area contributed by atoms with Gasteiger partial charge in [-0.3, -0.25) is 9.59 Å². The summed E-state index contributed by atoms with van der Waals surface area (Å²) in [6, 6.07) is 7.49. The van der Waals surface area contributed by atoms with Gasteiger partial charge in [0, 0.05) is 36.8 Å². The molecule has 1 aromatic carbocycles. The topological polar surface area (TPSA) is 52.6 Å². The Labute approximate surface area is 166 Å². The average Bonchev–Trinajstić information content (AvgIpc) is 3.26. The minimum Gasteiger partial charge on any atom is -0.343 e. The van der Waals surface area contributed by atoms with Crippen molar-refractivity contribution in [2.45, 2.75) is 50.6 Å². The molecule has 0 bridgehead atoms. The second-order valence-electron chi connectivity index (χ2n) is 7.79. The minimum atomic E-state index is -0.396. The van der Waals surface area contributed by atoms with E-state index in [1.54, 1.807) is 18.2 Å². The first kappa shape index (κ1) is 20.5. The van der Waals surface area contributed by atoms with Crippen LogP contribution < -0.4 is 5.32 Å². The number of amides is 2. The summed E-state index contributed by atoms with van der Waals surface area (Å²) in [5.41, 5.74) is 0.345. The van der Waals surface area contributed by atoms with E-state index in [1.807, 2.05) is 4.90 Å². The fraction of sp³-hybridized carbons (Fsp3) is 0.545. The van der Waals surface area contributed by atoms with Crippen molar-refractivity contribution in [2.24, 2.45) is 0 Å². The van der Waals surface area contributed by atoms with Crippen LogP contribution in [0.5, 0.6) is 0 Å². The lowest BCUT2D eigenvalue weighted by Crippen LogP contribution is -2.49. The number of rotatable bonds is 6. The molecule has 1 saturated heterocycles. The maximum absolute atomic E-state index is 13.5. The number of halogens is 1. The molecule has 0 radical (unpaired) electrons. The third-order valence-corrected chi connectivity index (χ3v) is 6.03. The van der Waals surface area contributed by atoms with Gasteiger partial charge in [-0.15, -0.1) is 0 Å². The number of nitrogens with zero attached hydrogens (tertiary/aromatic N) is 2. The SMILES string of the molecule is CN(C1CCCC1)C1CCN(C(=O)CNC(=O)/C=C/c2ccccc2F)CC1. The van der Waals surface area contributed by atoms with Gasteiger partial charge in [-0.2, -0.15) is 0 Å². The van der Waals surface area contributed by atoms with Gasteiger partial charge in [-0.1, -0.05) is 31.0 Å². The molecule has 2 fully saturated rings. The first-order valence-corrected chi connectivity index (χ1v) is 10.2. The van der Waals surface area contributed by atoms with E-state index in [0.717, 1.165) is 25.9 Å². The molecule has 0 atom stereocenters.